The molecule has 0 aliphatic heterocycles. The van der Waals surface area contributed by atoms with E-state index in [0.29, 0.717) is 23.0 Å². The van der Waals surface area contributed by atoms with Crippen LogP contribution < -0.4 is 16.0 Å². The molecular formula is C22H23N5O2. The topological polar surface area (TPSA) is 96.0 Å². The molecule has 1 heterocycles. The molecule has 0 saturated heterocycles. The summed E-state index contributed by atoms with van der Waals surface area (Å²) in [5.74, 6) is -0.185. The predicted molar refractivity (Wildman–Crippen MR) is 115 cm³/mol. The number of carbonyl (C=O) groups is 2. The number of hydrogen-bond donors (Lipinski definition) is 3. The summed E-state index contributed by atoms with van der Waals surface area (Å²) in [6.07, 6.45) is 0. The van der Waals surface area contributed by atoms with Crippen LogP contribution in [0.25, 0.3) is 0 Å². The maximum absolute atomic E-state index is 12.7. The van der Waals surface area contributed by atoms with Crippen molar-refractivity contribution in [3.8, 4) is 0 Å². The number of aromatic nitrogens is 2. The van der Waals surface area contributed by atoms with Gasteiger partial charge in [0.05, 0.1) is 0 Å². The SMILES string of the molecule is CC(=O)Nc1cccc(NC(=O)c2cc(C)nc(Nc3ccc(C)cc3C)n2)c1. The van der Waals surface area contributed by atoms with Gasteiger partial charge in [-0.2, -0.15) is 0 Å². The van der Waals surface area contributed by atoms with Crippen LogP contribution in [0.1, 0.15) is 34.2 Å². The number of hydrogen-bond acceptors (Lipinski definition) is 5. The summed E-state index contributed by atoms with van der Waals surface area (Å²) >= 11 is 0. The van der Waals surface area contributed by atoms with Gasteiger partial charge in [0.1, 0.15) is 5.69 Å². The molecule has 3 rings (SSSR count). The molecule has 148 valence electrons. The molecule has 0 spiro atoms. The van der Waals surface area contributed by atoms with Gasteiger partial charge in [-0.3, -0.25) is 9.59 Å². The molecule has 0 aliphatic rings. The third kappa shape index (κ3) is 5.38. The van der Waals surface area contributed by atoms with E-state index in [-0.39, 0.29) is 17.5 Å². The standard InChI is InChI=1S/C22H23N5O2/c1-13-8-9-19(14(2)10-13)26-22-23-15(3)11-20(27-22)21(29)25-18-7-5-6-17(12-18)24-16(4)28/h5-12H,1-4H3,(H,24,28)(H,25,29)(H,23,26,27). The molecule has 1 aromatic heterocycles. The Morgan fingerprint density at radius 1 is 0.862 bits per heavy atom. The van der Waals surface area contributed by atoms with Gasteiger partial charge in [-0.05, 0) is 56.7 Å². The summed E-state index contributed by atoms with van der Waals surface area (Å²) in [6, 6.07) is 14.6. The second-order valence-electron chi connectivity index (χ2n) is 6.88. The molecule has 7 nitrogen and oxygen atoms in total. The third-order valence-electron chi connectivity index (χ3n) is 4.16. The number of rotatable bonds is 5. The van der Waals surface area contributed by atoms with Crippen molar-refractivity contribution in [2.75, 3.05) is 16.0 Å². The van der Waals surface area contributed by atoms with Crippen LogP contribution in [0.15, 0.2) is 48.5 Å². The summed E-state index contributed by atoms with van der Waals surface area (Å²) in [7, 11) is 0. The van der Waals surface area contributed by atoms with E-state index in [1.165, 1.54) is 12.5 Å². The fourth-order valence-electron chi connectivity index (χ4n) is 2.89. The second kappa shape index (κ2) is 8.52. The molecule has 0 aliphatic carbocycles. The van der Waals surface area contributed by atoms with E-state index < -0.39 is 0 Å². The largest absolute Gasteiger partial charge is 0.326 e. The molecule has 0 atom stereocenters. The first-order chi connectivity index (χ1) is 13.8. The number of amides is 2. The molecule has 0 fully saturated rings. The van der Waals surface area contributed by atoms with Gasteiger partial charge in [0.2, 0.25) is 11.9 Å². The fraction of sp³-hybridized carbons (Fsp3) is 0.182. The lowest BCUT2D eigenvalue weighted by molar-refractivity contribution is -0.114. The van der Waals surface area contributed by atoms with Gasteiger partial charge in [-0.1, -0.05) is 23.8 Å². The quantitative estimate of drug-likeness (QED) is 0.603. The van der Waals surface area contributed by atoms with Crippen molar-refractivity contribution in [2.24, 2.45) is 0 Å². The van der Waals surface area contributed by atoms with Crippen LogP contribution in [0.2, 0.25) is 0 Å². The Labute approximate surface area is 169 Å². The number of carbonyl (C=O) groups excluding carboxylic acids is 2. The van der Waals surface area contributed by atoms with Crippen molar-refractivity contribution in [2.45, 2.75) is 27.7 Å². The Morgan fingerprint density at radius 2 is 1.59 bits per heavy atom. The van der Waals surface area contributed by atoms with E-state index in [9.17, 15) is 9.59 Å². The first kappa shape index (κ1) is 20.0. The fourth-order valence-corrected chi connectivity index (χ4v) is 2.89. The van der Waals surface area contributed by atoms with Gasteiger partial charge in [-0.25, -0.2) is 9.97 Å². The maximum atomic E-state index is 12.7. The zero-order valence-electron chi connectivity index (χ0n) is 16.8. The summed E-state index contributed by atoms with van der Waals surface area (Å²) in [4.78, 5) is 32.6. The molecule has 3 N–H and O–H groups in total. The molecular weight excluding hydrogens is 366 g/mol. The van der Waals surface area contributed by atoms with Crippen LogP contribution in [0.4, 0.5) is 23.0 Å². The van der Waals surface area contributed by atoms with Crippen LogP contribution in [-0.4, -0.2) is 21.8 Å². The van der Waals surface area contributed by atoms with Crippen molar-refractivity contribution < 1.29 is 9.59 Å². The highest BCUT2D eigenvalue weighted by molar-refractivity contribution is 6.03. The van der Waals surface area contributed by atoms with E-state index in [2.05, 4.69) is 32.0 Å². The minimum atomic E-state index is -0.362. The Morgan fingerprint density at radius 3 is 2.28 bits per heavy atom. The number of nitrogens with one attached hydrogen (secondary N) is 3. The minimum absolute atomic E-state index is 0.179. The number of benzene rings is 2. The lowest BCUT2D eigenvalue weighted by atomic mass is 10.1. The molecule has 7 heteroatoms. The van der Waals surface area contributed by atoms with Gasteiger partial charge >= 0.3 is 0 Å². The maximum Gasteiger partial charge on any atom is 0.274 e. The van der Waals surface area contributed by atoms with Crippen molar-refractivity contribution in [1.29, 1.82) is 0 Å². The summed E-state index contributed by atoms with van der Waals surface area (Å²) in [6.45, 7) is 7.27. The molecule has 0 unspecified atom stereocenters. The number of nitrogens with zero attached hydrogens (tertiary/aromatic N) is 2. The average molecular weight is 389 g/mol. The van der Waals surface area contributed by atoms with Crippen LogP contribution in [0, 0.1) is 20.8 Å². The highest BCUT2D eigenvalue weighted by Crippen LogP contribution is 2.20. The normalized spacial score (nSPS) is 10.3. The van der Waals surface area contributed by atoms with Gasteiger partial charge in [0.25, 0.3) is 5.91 Å². The van der Waals surface area contributed by atoms with E-state index in [1.807, 2.05) is 32.9 Å². The van der Waals surface area contributed by atoms with Crippen molar-refractivity contribution >= 4 is 34.8 Å². The highest BCUT2D eigenvalue weighted by atomic mass is 16.2. The number of aryl methyl sites for hydroxylation is 3. The summed E-state index contributed by atoms with van der Waals surface area (Å²) < 4.78 is 0. The van der Waals surface area contributed by atoms with E-state index in [0.717, 1.165) is 11.3 Å². The van der Waals surface area contributed by atoms with Crippen molar-refractivity contribution in [3.63, 3.8) is 0 Å². The third-order valence-corrected chi connectivity index (χ3v) is 4.16. The number of anilines is 4. The molecule has 29 heavy (non-hydrogen) atoms. The first-order valence-electron chi connectivity index (χ1n) is 9.19. The van der Waals surface area contributed by atoms with E-state index in [1.54, 1.807) is 30.3 Å². The smallest absolute Gasteiger partial charge is 0.274 e. The van der Waals surface area contributed by atoms with Gasteiger partial charge < -0.3 is 16.0 Å². The van der Waals surface area contributed by atoms with Gasteiger partial charge in [0, 0.05) is 29.7 Å². The second-order valence-corrected chi connectivity index (χ2v) is 6.88. The zero-order chi connectivity index (χ0) is 21.0. The van der Waals surface area contributed by atoms with Gasteiger partial charge in [0.15, 0.2) is 0 Å². The summed E-state index contributed by atoms with van der Waals surface area (Å²) in [5, 5.41) is 8.67. The molecule has 0 radical (unpaired) electrons. The molecule has 0 saturated carbocycles. The molecule has 3 aromatic rings. The predicted octanol–water partition coefficient (Wildman–Crippen LogP) is 4.36. The average Bonchev–Trinajstić information content (AvgIpc) is 2.63. The van der Waals surface area contributed by atoms with Crippen LogP contribution >= 0.6 is 0 Å². The van der Waals surface area contributed by atoms with Crippen LogP contribution in [-0.2, 0) is 4.79 Å². The molecule has 0 bridgehead atoms. The Hall–Kier alpha value is -3.74. The molecule has 2 aromatic carbocycles. The van der Waals surface area contributed by atoms with E-state index >= 15 is 0 Å². The monoisotopic (exact) mass is 389 g/mol. The van der Waals surface area contributed by atoms with Crippen LogP contribution in [0.5, 0.6) is 0 Å². The Kier molecular flexibility index (Phi) is 5.87. The highest BCUT2D eigenvalue weighted by Gasteiger charge is 2.12. The summed E-state index contributed by atoms with van der Waals surface area (Å²) in [5.41, 5.74) is 5.19. The Bertz CT molecular complexity index is 1080. The first-order valence-corrected chi connectivity index (χ1v) is 9.19. The lowest BCUT2D eigenvalue weighted by Gasteiger charge is -2.11. The van der Waals surface area contributed by atoms with Gasteiger partial charge in [-0.15, -0.1) is 0 Å². The Balaban J connectivity index is 1.80. The zero-order valence-corrected chi connectivity index (χ0v) is 16.8. The minimum Gasteiger partial charge on any atom is -0.326 e. The van der Waals surface area contributed by atoms with Crippen molar-refractivity contribution in [1.82, 2.24) is 9.97 Å². The van der Waals surface area contributed by atoms with Crippen molar-refractivity contribution in [3.05, 3.63) is 71.0 Å². The molecule has 2 amide bonds. The van der Waals surface area contributed by atoms with Crippen LogP contribution in [0.3, 0.4) is 0 Å². The lowest BCUT2D eigenvalue weighted by Crippen LogP contribution is -2.16. The van der Waals surface area contributed by atoms with E-state index in [4.69, 9.17) is 0 Å².